The van der Waals surface area contributed by atoms with Crippen LogP contribution in [0.3, 0.4) is 0 Å². The first-order valence-corrected chi connectivity index (χ1v) is 8.86. The van der Waals surface area contributed by atoms with Gasteiger partial charge in [0.2, 0.25) is 5.91 Å². The van der Waals surface area contributed by atoms with Crippen molar-refractivity contribution in [2.24, 2.45) is 0 Å². The molecular weight excluding hydrogens is 344 g/mol. The minimum Gasteiger partial charge on any atom is -0.491 e. The lowest BCUT2D eigenvalue weighted by Crippen LogP contribution is -2.38. The lowest BCUT2D eigenvalue weighted by atomic mass is 10.0. The number of halogens is 1. The van der Waals surface area contributed by atoms with Crippen molar-refractivity contribution in [1.82, 2.24) is 9.80 Å². The fraction of sp³-hybridized carbons (Fsp3) is 0.556. The molecule has 1 heterocycles. The van der Waals surface area contributed by atoms with E-state index in [-0.39, 0.29) is 12.0 Å². The maximum absolute atomic E-state index is 12.1. The SMILES string of the molecule is CC(=O)N1CCCN([C@@H](C(=O)O)c2cc(Cl)ccc2OC(C)C)CC1. The van der Waals surface area contributed by atoms with Gasteiger partial charge in [-0.05, 0) is 38.5 Å². The van der Waals surface area contributed by atoms with Gasteiger partial charge < -0.3 is 14.7 Å². The molecule has 0 aliphatic carbocycles. The third-order valence-corrected chi connectivity index (χ3v) is 4.44. The number of carbonyl (C=O) groups excluding carboxylic acids is 1. The van der Waals surface area contributed by atoms with E-state index in [9.17, 15) is 14.7 Å². The summed E-state index contributed by atoms with van der Waals surface area (Å²) < 4.78 is 5.80. The summed E-state index contributed by atoms with van der Waals surface area (Å²) in [5, 5.41) is 10.3. The third-order valence-electron chi connectivity index (χ3n) is 4.20. The maximum Gasteiger partial charge on any atom is 0.325 e. The average Bonchev–Trinajstić information content (AvgIpc) is 2.75. The first kappa shape index (κ1) is 19.5. The highest BCUT2D eigenvalue weighted by Crippen LogP contribution is 2.33. The Hall–Kier alpha value is -1.79. The van der Waals surface area contributed by atoms with Gasteiger partial charge in [0.15, 0.2) is 0 Å². The van der Waals surface area contributed by atoms with Crippen LogP contribution in [-0.4, -0.2) is 59.1 Å². The highest BCUT2D eigenvalue weighted by atomic mass is 35.5. The minimum absolute atomic E-state index is 0.0142. The van der Waals surface area contributed by atoms with Gasteiger partial charge in [-0.3, -0.25) is 14.5 Å². The van der Waals surface area contributed by atoms with Crippen LogP contribution in [-0.2, 0) is 9.59 Å². The van der Waals surface area contributed by atoms with E-state index in [0.29, 0.717) is 42.5 Å². The minimum atomic E-state index is -0.952. The molecule has 0 bridgehead atoms. The molecule has 25 heavy (non-hydrogen) atoms. The van der Waals surface area contributed by atoms with E-state index in [4.69, 9.17) is 16.3 Å². The summed E-state index contributed by atoms with van der Waals surface area (Å²) in [4.78, 5) is 27.3. The Morgan fingerprint density at radius 3 is 2.52 bits per heavy atom. The van der Waals surface area contributed by atoms with Crippen molar-refractivity contribution in [2.75, 3.05) is 26.2 Å². The highest BCUT2D eigenvalue weighted by Gasteiger charge is 2.32. The number of hydrogen-bond donors (Lipinski definition) is 1. The molecule has 1 aliphatic rings. The van der Waals surface area contributed by atoms with Crippen molar-refractivity contribution < 1.29 is 19.4 Å². The summed E-state index contributed by atoms with van der Waals surface area (Å²) in [6.07, 6.45) is 0.649. The van der Waals surface area contributed by atoms with Crippen molar-refractivity contribution in [1.29, 1.82) is 0 Å². The van der Waals surface area contributed by atoms with Crippen LogP contribution in [0.1, 0.15) is 38.8 Å². The topological polar surface area (TPSA) is 70.1 Å². The van der Waals surface area contributed by atoms with E-state index in [1.807, 2.05) is 18.7 Å². The van der Waals surface area contributed by atoms with Gasteiger partial charge in [-0.1, -0.05) is 11.6 Å². The number of benzene rings is 1. The van der Waals surface area contributed by atoms with E-state index in [1.165, 1.54) is 6.92 Å². The molecule has 1 N–H and O–H groups in total. The smallest absolute Gasteiger partial charge is 0.325 e. The molecule has 1 aliphatic heterocycles. The second kappa shape index (κ2) is 8.54. The predicted octanol–water partition coefficient (Wildman–Crippen LogP) is 2.81. The van der Waals surface area contributed by atoms with Crippen molar-refractivity contribution in [3.63, 3.8) is 0 Å². The average molecular weight is 369 g/mol. The van der Waals surface area contributed by atoms with Crippen LogP contribution >= 0.6 is 11.6 Å². The number of rotatable bonds is 5. The van der Waals surface area contributed by atoms with Gasteiger partial charge in [-0.2, -0.15) is 0 Å². The number of nitrogens with zero attached hydrogens (tertiary/aromatic N) is 2. The van der Waals surface area contributed by atoms with Gasteiger partial charge >= 0.3 is 5.97 Å². The Bertz CT molecular complexity index is 636. The Kier molecular flexibility index (Phi) is 6.67. The zero-order valence-corrected chi connectivity index (χ0v) is 15.6. The van der Waals surface area contributed by atoms with E-state index in [0.717, 1.165) is 6.42 Å². The quantitative estimate of drug-likeness (QED) is 0.865. The van der Waals surface area contributed by atoms with Gasteiger partial charge in [0.25, 0.3) is 0 Å². The van der Waals surface area contributed by atoms with Crippen molar-refractivity contribution in [2.45, 2.75) is 39.3 Å². The Balaban J connectivity index is 2.33. The molecule has 138 valence electrons. The van der Waals surface area contributed by atoms with E-state index < -0.39 is 12.0 Å². The molecular formula is C18H25ClN2O4. The molecule has 2 rings (SSSR count). The number of carboxylic acids is 1. The van der Waals surface area contributed by atoms with Crippen molar-refractivity contribution in [3.05, 3.63) is 28.8 Å². The predicted molar refractivity (Wildman–Crippen MR) is 96.0 cm³/mol. The Morgan fingerprint density at radius 1 is 1.20 bits per heavy atom. The van der Waals surface area contributed by atoms with Crippen LogP contribution in [0.25, 0.3) is 0 Å². The second-order valence-electron chi connectivity index (χ2n) is 6.49. The molecule has 1 saturated heterocycles. The number of hydrogen-bond acceptors (Lipinski definition) is 4. The molecule has 1 aromatic rings. The van der Waals surface area contributed by atoms with Crippen LogP contribution in [0.5, 0.6) is 5.75 Å². The van der Waals surface area contributed by atoms with Gasteiger partial charge in [0, 0.05) is 43.7 Å². The van der Waals surface area contributed by atoms with Gasteiger partial charge in [0.1, 0.15) is 11.8 Å². The first-order valence-electron chi connectivity index (χ1n) is 8.48. The summed E-state index contributed by atoms with van der Waals surface area (Å²) in [7, 11) is 0. The molecule has 1 aromatic carbocycles. The lowest BCUT2D eigenvalue weighted by molar-refractivity contribution is -0.143. The lowest BCUT2D eigenvalue weighted by Gasteiger charge is -2.29. The van der Waals surface area contributed by atoms with Crippen molar-refractivity contribution in [3.8, 4) is 5.75 Å². The molecule has 1 fully saturated rings. The van der Waals surface area contributed by atoms with Crippen molar-refractivity contribution >= 4 is 23.5 Å². The molecule has 1 amide bonds. The number of ether oxygens (including phenoxy) is 1. The largest absolute Gasteiger partial charge is 0.491 e. The fourth-order valence-electron chi connectivity index (χ4n) is 3.09. The first-order chi connectivity index (χ1) is 11.8. The second-order valence-corrected chi connectivity index (χ2v) is 6.92. The molecule has 0 radical (unpaired) electrons. The number of carboxylic acid groups (broad SMARTS) is 1. The molecule has 0 spiro atoms. The number of aliphatic carboxylic acids is 1. The number of carbonyl (C=O) groups is 2. The van der Waals surface area contributed by atoms with Crippen LogP contribution in [0.4, 0.5) is 0 Å². The zero-order chi connectivity index (χ0) is 18.6. The third kappa shape index (κ3) is 5.09. The van der Waals surface area contributed by atoms with E-state index in [2.05, 4.69) is 0 Å². The molecule has 1 atom stereocenters. The standard InChI is InChI=1S/C18H25ClN2O4/c1-12(2)25-16-6-5-14(19)11-15(16)17(18(23)24)21-8-4-7-20(9-10-21)13(3)22/h5-6,11-12,17H,4,7-10H2,1-3H3,(H,23,24)/t17-/m1/s1. The molecule has 0 saturated carbocycles. The molecule has 0 unspecified atom stereocenters. The molecule has 7 heteroatoms. The summed E-state index contributed by atoms with van der Waals surface area (Å²) in [6.45, 7) is 7.56. The maximum atomic E-state index is 12.1. The van der Waals surface area contributed by atoms with E-state index in [1.54, 1.807) is 23.1 Å². The highest BCUT2D eigenvalue weighted by molar-refractivity contribution is 6.30. The Morgan fingerprint density at radius 2 is 1.92 bits per heavy atom. The van der Waals surface area contributed by atoms with Gasteiger partial charge in [-0.15, -0.1) is 0 Å². The zero-order valence-electron chi connectivity index (χ0n) is 14.9. The van der Waals surface area contributed by atoms with Crippen LogP contribution in [0.15, 0.2) is 18.2 Å². The summed E-state index contributed by atoms with van der Waals surface area (Å²) in [5.74, 6) is -0.410. The molecule has 0 aromatic heterocycles. The summed E-state index contributed by atoms with van der Waals surface area (Å²) >= 11 is 6.12. The normalized spacial score (nSPS) is 17.2. The fourth-order valence-corrected chi connectivity index (χ4v) is 3.27. The Labute approximate surface area is 153 Å². The monoisotopic (exact) mass is 368 g/mol. The molecule has 6 nitrogen and oxygen atoms in total. The van der Waals surface area contributed by atoms with Crippen LogP contribution in [0.2, 0.25) is 5.02 Å². The van der Waals surface area contributed by atoms with Crippen LogP contribution < -0.4 is 4.74 Å². The van der Waals surface area contributed by atoms with Gasteiger partial charge in [0.05, 0.1) is 6.10 Å². The summed E-state index contributed by atoms with van der Waals surface area (Å²) in [5.41, 5.74) is 0.546. The van der Waals surface area contributed by atoms with Gasteiger partial charge in [-0.25, -0.2) is 0 Å². The van der Waals surface area contributed by atoms with E-state index >= 15 is 0 Å². The summed E-state index contributed by atoms with van der Waals surface area (Å²) in [6, 6.07) is 4.21. The number of amides is 1. The van der Waals surface area contributed by atoms with Crippen LogP contribution in [0, 0.1) is 0 Å².